The molecule has 2 aromatic rings. The molecule has 1 N–H and O–H groups in total. The van der Waals surface area contributed by atoms with Gasteiger partial charge in [0.25, 0.3) is 0 Å². The maximum Gasteiger partial charge on any atom is 0.129 e. The minimum atomic E-state index is -0.251. The fraction of sp³-hybridized carbons (Fsp3) is 0.294. The lowest BCUT2D eigenvalue weighted by Gasteiger charge is -2.13. The number of hydrogen-bond donors (Lipinski definition) is 1. The van der Waals surface area contributed by atoms with E-state index in [0.717, 1.165) is 22.3 Å². The van der Waals surface area contributed by atoms with E-state index in [1.807, 2.05) is 18.2 Å². The van der Waals surface area contributed by atoms with Gasteiger partial charge in [-0.15, -0.1) is 12.4 Å². The summed E-state index contributed by atoms with van der Waals surface area (Å²) in [7, 11) is 1.67. The van der Waals surface area contributed by atoms with Crippen molar-refractivity contribution in [2.45, 2.75) is 13.2 Å². The van der Waals surface area contributed by atoms with Crippen molar-refractivity contribution in [3.63, 3.8) is 0 Å². The molecule has 0 aliphatic heterocycles. The Morgan fingerprint density at radius 3 is 2.65 bits per heavy atom. The average Bonchev–Trinajstić information content (AvgIpc) is 2.52. The van der Waals surface area contributed by atoms with E-state index in [4.69, 9.17) is 9.47 Å². The summed E-state index contributed by atoms with van der Waals surface area (Å²) in [4.78, 5) is 0. The van der Waals surface area contributed by atoms with Crippen LogP contribution in [0.25, 0.3) is 0 Å². The van der Waals surface area contributed by atoms with Crippen LogP contribution in [-0.2, 0) is 17.9 Å². The lowest BCUT2D eigenvalue weighted by molar-refractivity contribution is 0.199. The first-order chi connectivity index (χ1) is 10.7. The molecule has 0 aromatic heterocycles. The summed E-state index contributed by atoms with van der Waals surface area (Å²) in [6, 6.07) is 12.4. The highest BCUT2D eigenvalue weighted by molar-refractivity contribution is 9.10. The van der Waals surface area contributed by atoms with Crippen LogP contribution in [-0.4, -0.2) is 20.3 Å². The van der Waals surface area contributed by atoms with Crippen LogP contribution in [0.2, 0.25) is 0 Å². The maximum atomic E-state index is 13.6. The fourth-order valence-electron chi connectivity index (χ4n) is 2.00. The molecule has 2 rings (SSSR count). The smallest absolute Gasteiger partial charge is 0.129 e. The summed E-state index contributed by atoms with van der Waals surface area (Å²) in [6.07, 6.45) is 0. The Labute approximate surface area is 150 Å². The average molecular weight is 405 g/mol. The molecule has 3 nitrogen and oxygen atoms in total. The predicted molar refractivity (Wildman–Crippen MR) is 95.7 cm³/mol. The number of nitrogens with one attached hydrogen (secondary N) is 1. The maximum absolute atomic E-state index is 13.6. The molecule has 0 amide bonds. The van der Waals surface area contributed by atoms with Crippen LogP contribution in [0.1, 0.15) is 11.1 Å². The Morgan fingerprint density at radius 2 is 1.91 bits per heavy atom. The van der Waals surface area contributed by atoms with Gasteiger partial charge in [-0.05, 0) is 24.3 Å². The van der Waals surface area contributed by atoms with E-state index in [-0.39, 0.29) is 24.8 Å². The second-order valence-electron chi connectivity index (χ2n) is 4.80. The molecule has 0 fully saturated rings. The van der Waals surface area contributed by atoms with Crippen LogP contribution in [0.4, 0.5) is 4.39 Å². The van der Waals surface area contributed by atoms with Crippen molar-refractivity contribution in [2.75, 3.05) is 20.3 Å². The van der Waals surface area contributed by atoms with Crippen LogP contribution in [0, 0.1) is 5.82 Å². The second-order valence-corrected chi connectivity index (χ2v) is 5.72. The second kappa shape index (κ2) is 10.6. The molecular formula is C17H20BrClFNO2. The molecule has 0 heterocycles. The third-order valence-electron chi connectivity index (χ3n) is 3.16. The van der Waals surface area contributed by atoms with Crippen LogP contribution < -0.4 is 10.1 Å². The van der Waals surface area contributed by atoms with Crippen molar-refractivity contribution >= 4 is 28.3 Å². The molecule has 0 aliphatic rings. The molecule has 126 valence electrons. The fourth-order valence-corrected chi connectivity index (χ4v) is 2.40. The van der Waals surface area contributed by atoms with Gasteiger partial charge < -0.3 is 14.8 Å². The Balaban J connectivity index is 0.00000264. The third-order valence-corrected chi connectivity index (χ3v) is 3.66. The van der Waals surface area contributed by atoms with Crippen LogP contribution in [0.5, 0.6) is 5.75 Å². The summed E-state index contributed by atoms with van der Waals surface area (Å²) in [5.41, 5.74) is 1.56. The molecule has 23 heavy (non-hydrogen) atoms. The molecular weight excluding hydrogens is 385 g/mol. The molecule has 0 radical (unpaired) electrons. The van der Waals surface area contributed by atoms with E-state index in [0.29, 0.717) is 18.7 Å². The normalized spacial score (nSPS) is 10.2. The molecule has 0 atom stereocenters. The van der Waals surface area contributed by atoms with Gasteiger partial charge in [0.05, 0.1) is 6.61 Å². The van der Waals surface area contributed by atoms with Crippen LogP contribution >= 0.6 is 28.3 Å². The summed E-state index contributed by atoms with van der Waals surface area (Å²) < 4.78 is 25.4. The van der Waals surface area contributed by atoms with E-state index < -0.39 is 0 Å². The van der Waals surface area contributed by atoms with Gasteiger partial charge in [0.2, 0.25) is 0 Å². The Morgan fingerprint density at radius 1 is 1.13 bits per heavy atom. The van der Waals surface area contributed by atoms with Crippen molar-refractivity contribution in [1.29, 1.82) is 0 Å². The van der Waals surface area contributed by atoms with E-state index >= 15 is 0 Å². The van der Waals surface area contributed by atoms with E-state index in [2.05, 4.69) is 21.2 Å². The first-order valence-electron chi connectivity index (χ1n) is 7.05. The molecule has 0 saturated carbocycles. The monoisotopic (exact) mass is 403 g/mol. The standard InChI is InChI=1S/C17H19BrFNO2.ClH/c1-21-9-8-20-11-14-10-15(18)6-7-17(14)22-12-13-4-2-3-5-16(13)19;/h2-7,10,20H,8-9,11-12H2,1H3;1H. The Bertz CT molecular complexity index is 613. The minimum absolute atomic E-state index is 0. The molecule has 0 spiro atoms. The summed E-state index contributed by atoms with van der Waals surface area (Å²) in [5, 5.41) is 3.28. The number of benzene rings is 2. The molecule has 2 aromatic carbocycles. The zero-order valence-corrected chi connectivity index (χ0v) is 15.3. The molecule has 0 saturated heterocycles. The first kappa shape index (κ1) is 19.9. The highest BCUT2D eigenvalue weighted by Crippen LogP contribution is 2.24. The van der Waals surface area contributed by atoms with Gasteiger partial charge in [-0.2, -0.15) is 0 Å². The van der Waals surface area contributed by atoms with Gasteiger partial charge >= 0.3 is 0 Å². The highest BCUT2D eigenvalue weighted by Gasteiger charge is 2.07. The van der Waals surface area contributed by atoms with Gasteiger partial charge in [-0.25, -0.2) is 4.39 Å². The van der Waals surface area contributed by atoms with Crippen LogP contribution in [0.15, 0.2) is 46.9 Å². The Kier molecular flexibility index (Phi) is 9.17. The zero-order chi connectivity index (χ0) is 15.8. The minimum Gasteiger partial charge on any atom is -0.488 e. The molecule has 6 heteroatoms. The number of hydrogen-bond acceptors (Lipinski definition) is 3. The van der Waals surface area contributed by atoms with E-state index in [1.54, 1.807) is 25.3 Å². The molecule has 0 unspecified atom stereocenters. The van der Waals surface area contributed by atoms with Gasteiger partial charge in [-0.1, -0.05) is 34.1 Å². The Hall–Kier alpha value is -1.14. The van der Waals surface area contributed by atoms with Gasteiger partial charge in [0.1, 0.15) is 18.2 Å². The predicted octanol–water partition coefficient (Wildman–Crippen LogP) is 4.33. The topological polar surface area (TPSA) is 30.5 Å². The number of methoxy groups -OCH3 is 1. The largest absolute Gasteiger partial charge is 0.488 e. The third kappa shape index (κ3) is 6.47. The van der Waals surface area contributed by atoms with Crippen molar-refractivity contribution < 1.29 is 13.9 Å². The lowest BCUT2D eigenvalue weighted by Crippen LogP contribution is -2.19. The summed E-state index contributed by atoms with van der Waals surface area (Å²) >= 11 is 3.46. The van der Waals surface area contributed by atoms with E-state index in [1.165, 1.54) is 6.07 Å². The van der Waals surface area contributed by atoms with Gasteiger partial charge in [-0.3, -0.25) is 0 Å². The SMILES string of the molecule is COCCNCc1cc(Br)ccc1OCc1ccccc1F.Cl. The quantitative estimate of drug-likeness (QED) is 0.665. The highest BCUT2D eigenvalue weighted by atomic mass is 79.9. The zero-order valence-electron chi connectivity index (χ0n) is 12.9. The van der Waals surface area contributed by atoms with Crippen LogP contribution in [0.3, 0.4) is 0 Å². The summed E-state index contributed by atoms with van der Waals surface area (Å²) in [6.45, 7) is 2.28. The lowest BCUT2D eigenvalue weighted by atomic mass is 10.2. The number of ether oxygens (including phenoxy) is 2. The van der Waals surface area contributed by atoms with Crippen molar-refractivity contribution in [2.24, 2.45) is 0 Å². The number of rotatable bonds is 8. The molecule has 0 aliphatic carbocycles. The van der Waals surface area contributed by atoms with Gasteiger partial charge in [0, 0.05) is 35.8 Å². The van der Waals surface area contributed by atoms with Gasteiger partial charge in [0.15, 0.2) is 0 Å². The van der Waals surface area contributed by atoms with Crippen molar-refractivity contribution in [3.8, 4) is 5.75 Å². The van der Waals surface area contributed by atoms with Crippen molar-refractivity contribution in [1.82, 2.24) is 5.32 Å². The first-order valence-corrected chi connectivity index (χ1v) is 7.84. The summed E-state index contributed by atoms with van der Waals surface area (Å²) in [5.74, 6) is 0.496. The molecule has 0 bridgehead atoms. The number of halogens is 3. The van der Waals surface area contributed by atoms with Crippen molar-refractivity contribution in [3.05, 3.63) is 63.9 Å². The van der Waals surface area contributed by atoms with E-state index in [9.17, 15) is 4.39 Å².